The number of rotatable bonds is 5. The molecule has 1 saturated heterocycles. The Morgan fingerprint density at radius 1 is 0.880 bits per heavy atom. The highest BCUT2D eigenvalue weighted by atomic mass is 32.2. The van der Waals surface area contributed by atoms with Gasteiger partial charge in [-0.05, 0) is 48.2 Å². The first kappa shape index (κ1) is 17.6. The standard InChI is InChI=1S/C19H20FNO3S/c20-18-9-5-16(6-10-18)14-25(23,24)13-15-3-7-17(8-4-15)19(22)21-11-1-2-12-21/h3-10H,1-2,11-14H2. The number of halogens is 1. The lowest BCUT2D eigenvalue weighted by molar-refractivity contribution is 0.0793. The van der Waals surface area contributed by atoms with Gasteiger partial charge >= 0.3 is 0 Å². The third kappa shape index (κ3) is 4.66. The lowest BCUT2D eigenvalue weighted by atomic mass is 10.1. The van der Waals surface area contributed by atoms with Gasteiger partial charge in [-0.15, -0.1) is 0 Å². The highest BCUT2D eigenvalue weighted by molar-refractivity contribution is 7.89. The fourth-order valence-electron chi connectivity index (χ4n) is 2.99. The van der Waals surface area contributed by atoms with E-state index in [-0.39, 0.29) is 23.2 Å². The van der Waals surface area contributed by atoms with E-state index in [1.54, 1.807) is 24.3 Å². The average Bonchev–Trinajstić information content (AvgIpc) is 3.11. The van der Waals surface area contributed by atoms with Crippen molar-refractivity contribution >= 4 is 15.7 Å². The van der Waals surface area contributed by atoms with E-state index in [1.807, 2.05) is 4.90 Å². The van der Waals surface area contributed by atoms with Crippen LogP contribution in [0.15, 0.2) is 48.5 Å². The number of nitrogens with zero attached hydrogens (tertiary/aromatic N) is 1. The van der Waals surface area contributed by atoms with Gasteiger partial charge in [0.05, 0.1) is 11.5 Å². The number of hydrogen-bond donors (Lipinski definition) is 0. The number of carbonyl (C=O) groups is 1. The topological polar surface area (TPSA) is 54.5 Å². The van der Waals surface area contributed by atoms with Gasteiger partial charge in [0.1, 0.15) is 5.82 Å². The van der Waals surface area contributed by atoms with Crippen molar-refractivity contribution in [2.75, 3.05) is 13.1 Å². The van der Waals surface area contributed by atoms with Gasteiger partial charge in [-0.25, -0.2) is 12.8 Å². The van der Waals surface area contributed by atoms with Crippen LogP contribution in [0.5, 0.6) is 0 Å². The van der Waals surface area contributed by atoms with Crippen molar-refractivity contribution in [1.82, 2.24) is 4.90 Å². The molecule has 2 aromatic carbocycles. The van der Waals surface area contributed by atoms with E-state index in [2.05, 4.69) is 0 Å². The van der Waals surface area contributed by atoms with Crippen LogP contribution in [0.1, 0.15) is 34.3 Å². The summed E-state index contributed by atoms with van der Waals surface area (Å²) in [5, 5.41) is 0. The molecule has 0 N–H and O–H groups in total. The Morgan fingerprint density at radius 2 is 1.36 bits per heavy atom. The fourth-order valence-corrected chi connectivity index (χ4v) is 4.49. The fraction of sp³-hybridized carbons (Fsp3) is 0.316. The maximum Gasteiger partial charge on any atom is 0.253 e. The summed E-state index contributed by atoms with van der Waals surface area (Å²) in [5.74, 6) is -0.637. The van der Waals surface area contributed by atoms with Gasteiger partial charge in [0.25, 0.3) is 5.91 Å². The summed E-state index contributed by atoms with van der Waals surface area (Å²) in [7, 11) is -3.37. The Balaban J connectivity index is 1.65. The van der Waals surface area contributed by atoms with Crippen LogP contribution in [0.4, 0.5) is 4.39 Å². The summed E-state index contributed by atoms with van der Waals surface area (Å²) >= 11 is 0. The molecule has 1 heterocycles. The van der Waals surface area contributed by atoms with Crippen molar-refractivity contribution in [2.24, 2.45) is 0 Å². The maximum absolute atomic E-state index is 12.9. The predicted molar refractivity (Wildman–Crippen MR) is 94.3 cm³/mol. The largest absolute Gasteiger partial charge is 0.339 e. The van der Waals surface area contributed by atoms with Gasteiger partial charge in [0, 0.05) is 18.7 Å². The summed E-state index contributed by atoms with van der Waals surface area (Å²) < 4.78 is 37.5. The van der Waals surface area contributed by atoms with Crippen molar-refractivity contribution in [1.29, 1.82) is 0 Å². The lowest BCUT2D eigenvalue weighted by Crippen LogP contribution is -2.27. The van der Waals surface area contributed by atoms with Crippen molar-refractivity contribution < 1.29 is 17.6 Å². The van der Waals surface area contributed by atoms with E-state index in [1.165, 1.54) is 24.3 Å². The molecule has 25 heavy (non-hydrogen) atoms. The van der Waals surface area contributed by atoms with Gasteiger partial charge in [-0.3, -0.25) is 4.79 Å². The Morgan fingerprint density at radius 3 is 1.88 bits per heavy atom. The molecular weight excluding hydrogens is 341 g/mol. The number of likely N-dealkylation sites (tertiary alicyclic amines) is 1. The van der Waals surface area contributed by atoms with Gasteiger partial charge in [0.2, 0.25) is 0 Å². The first-order valence-electron chi connectivity index (χ1n) is 8.26. The second kappa shape index (κ2) is 7.35. The highest BCUT2D eigenvalue weighted by Crippen LogP contribution is 2.16. The second-order valence-electron chi connectivity index (χ2n) is 6.35. The van der Waals surface area contributed by atoms with E-state index in [4.69, 9.17) is 0 Å². The van der Waals surface area contributed by atoms with Gasteiger partial charge < -0.3 is 4.90 Å². The molecule has 0 unspecified atom stereocenters. The van der Waals surface area contributed by atoms with Crippen LogP contribution in [0.3, 0.4) is 0 Å². The van der Waals surface area contributed by atoms with Gasteiger partial charge in [-0.1, -0.05) is 24.3 Å². The van der Waals surface area contributed by atoms with Crippen molar-refractivity contribution in [2.45, 2.75) is 24.3 Å². The van der Waals surface area contributed by atoms with Crippen molar-refractivity contribution in [3.8, 4) is 0 Å². The number of carbonyl (C=O) groups excluding carboxylic acids is 1. The van der Waals surface area contributed by atoms with E-state index in [0.29, 0.717) is 16.7 Å². The number of benzene rings is 2. The summed E-state index contributed by atoms with van der Waals surface area (Å²) in [6.07, 6.45) is 2.07. The molecule has 0 radical (unpaired) electrons. The molecule has 0 aromatic heterocycles. The molecular formula is C19H20FNO3S. The Hall–Kier alpha value is -2.21. The third-order valence-corrected chi connectivity index (χ3v) is 5.83. The maximum atomic E-state index is 12.9. The molecule has 1 fully saturated rings. The van der Waals surface area contributed by atoms with Crippen LogP contribution in [-0.2, 0) is 21.3 Å². The minimum absolute atomic E-state index is 0.00165. The van der Waals surface area contributed by atoms with E-state index in [0.717, 1.165) is 25.9 Å². The molecule has 0 aliphatic carbocycles. The lowest BCUT2D eigenvalue weighted by Gasteiger charge is -2.15. The first-order valence-corrected chi connectivity index (χ1v) is 10.1. The monoisotopic (exact) mass is 361 g/mol. The summed E-state index contributed by atoms with van der Waals surface area (Å²) in [6, 6.07) is 12.2. The Kier molecular flexibility index (Phi) is 5.18. The Labute approximate surface area is 147 Å². The molecule has 0 saturated carbocycles. The molecule has 3 rings (SSSR count). The zero-order valence-corrected chi connectivity index (χ0v) is 14.6. The highest BCUT2D eigenvalue weighted by Gasteiger charge is 2.19. The second-order valence-corrected chi connectivity index (χ2v) is 8.42. The van der Waals surface area contributed by atoms with Crippen molar-refractivity contribution in [3.05, 3.63) is 71.0 Å². The molecule has 1 amide bonds. The summed E-state index contributed by atoms with van der Waals surface area (Å²) in [4.78, 5) is 14.1. The number of sulfone groups is 1. The van der Waals surface area contributed by atoms with E-state index >= 15 is 0 Å². The van der Waals surface area contributed by atoms with Gasteiger partial charge in [0.15, 0.2) is 9.84 Å². The summed E-state index contributed by atoms with van der Waals surface area (Å²) in [6.45, 7) is 1.57. The van der Waals surface area contributed by atoms with E-state index < -0.39 is 9.84 Å². The van der Waals surface area contributed by atoms with Crippen molar-refractivity contribution in [3.63, 3.8) is 0 Å². The number of amides is 1. The van der Waals surface area contributed by atoms with Crippen LogP contribution in [0, 0.1) is 5.82 Å². The molecule has 6 heteroatoms. The molecule has 0 atom stereocenters. The minimum atomic E-state index is -3.37. The van der Waals surface area contributed by atoms with E-state index in [9.17, 15) is 17.6 Å². The molecule has 0 spiro atoms. The zero-order chi connectivity index (χ0) is 17.9. The molecule has 1 aliphatic rings. The molecule has 4 nitrogen and oxygen atoms in total. The van der Waals surface area contributed by atoms with Crippen LogP contribution in [-0.4, -0.2) is 32.3 Å². The zero-order valence-electron chi connectivity index (χ0n) is 13.8. The van der Waals surface area contributed by atoms with Crippen LogP contribution in [0.2, 0.25) is 0 Å². The quantitative estimate of drug-likeness (QED) is 0.822. The van der Waals surface area contributed by atoms with Crippen LogP contribution < -0.4 is 0 Å². The van der Waals surface area contributed by atoms with Crippen LogP contribution in [0.25, 0.3) is 0 Å². The minimum Gasteiger partial charge on any atom is -0.339 e. The Bertz CT molecular complexity index is 839. The van der Waals surface area contributed by atoms with Crippen LogP contribution >= 0.6 is 0 Å². The average molecular weight is 361 g/mol. The molecule has 2 aromatic rings. The third-order valence-electron chi connectivity index (χ3n) is 4.28. The van der Waals surface area contributed by atoms with Gasteiger partial charge in [-0.2, -0.15) is 0 Å². The molecule has 132 valence electrons. The normalized spacial score (nSPS) is 14.7. The first-order chi connectivity index (χ1) is 11.9. The summed E-state index contributed by atoms with van der Waals surface area (Å²) in [5.41, 5.74) is 1.78. The molecule has 0 bridgehead atoms. The smallest absolute Gasteiger partial charge is 0.253 e. The SMILES string of the molecule is O=C(c1ccc(CS(=O)(=O)Cc2ccc(F)cc2)cc1)N1CCCC1. The number of hydrogen-bond acceptors (Lipinski definition) is 3. The predicted octanol–water partition coefficient (Wildman–Crippen LogP) is 3.18. The molecule has 1 aliphatic heterocycles.